The van der Waals surface area contributed by atoms with Crippen molar-refractivity contribution in [2.24, 2.45) is 10.7 Å². The molecule has 0 saturated heterocycles. The molecule has 136 valence electrons. The summed E-state index contributed by atoms with van der Waals surface area (Å²) >= 11 is 0. The van der Waals surface area contributed by atoms with Gasteiger partial charge in [0.05, 0.1) is 19.4 Å². The van der Waals surface area contributed by atoms with Crippen molar-refractivity contribution in [2.45, 2.75) is 19.5 Å². The Morgan fingerprint density at radius 1 is 1.32 bits per heavy atom. The van der Waals surface area contributed by atoms with Crippen LogP contribution in [0.1, 0.15) is 23.0 Å². The summed E-state index contributed by atoms with van der Waals surface area (Å²) in [5.41, 5.74) is 7.48. The van der Waals surface area contributed by atoms with Gasteiger partial charge in [-0.25, -0.2) is 4.99 Å². The van der Waals surface area contributed by atoms with Gasteiger partial charge in [-0.05, 0) is 36.8 Å². The first-order chi connectivity index (χ1) is 11.6. The number of guanidine groups is 1. The lowest BCUT2D eigenvalue weighted by molar-refractivity contribution is 0.0996. The molecular weight excluding hydrogens is 435 g/mol. The van der Waals surface area contributed by atoms with Gasteiger partial charge < -0.3 is 25.5 Å². The lowest BCUT2D eigenvalue weighted by Gasteiger charge is -2.13. The third kappa shape index (κ3) is 7.14. The molecule has 0 radical (unpaired) electrons. The van der Waals surface area contributed by atoms with E-state index in [1.165, 1.54) is 6.26 Å². The standard InChI is InChI=1S/C17H22N4O3.HI/c1-12(11-23-2)20-17(18)19-10-13-5-7-14(8-6-13)21-16(22)15-4-3-9-24-15;/h3-9,12H,10-11H2,1-2H3,(H,21,22)(H3,18,19,20);1H. The third-order valence-electron chi connectivity index (χ3n) is 3.20. The van der Waals surface area contributed by atoms with E-state index < -0.39 is 0 Å². The Labute approximate surface area is 164 Å². The van der Waals surface area contributed by atoms with Gasteiger partial charge in [-0.15, -0.1) is 24.0 Å². The summed E-state index contributed by atoms with van der Waals surface area (Å²) in [4.78, 5) is 16.1. The number of nitrogens with zero attached hydrogens (tertiary/aromatic N) is 1. The molecule has 8 heteroatoms. The molecule has 2 rings (SSSR count). The maximum atomic E-state index is 11.9. The third-order valence-corrected chi connectivity index (χ3v) is 3.20. The highest BCUT2D eigenvalue weighted by Gasteiger charge is 2.08. The Kier molecular flexibility index (Phi) is 9.00. The number of anilines is 1. The van der Waals surface area contributed by atoms with Gasteiger partial charge >= 0.3 is 0 Å². The smallest absolute Gasteiger partial charge is 0.291 e. The molecule has 1 unspecified atom stereocenters. The maximum Gasteiger partial charge on any atom is 0.291 e. The van der Waals surface area contributed by atoms with E-state index in [0.717, 1.165) is 5.56 Å². The minimum atomic E-state index is -0.286. The molecule has 1 aromatic carbocycles. The van der Waals surface area contributed by atoms with Gasteiger partial charge in [-0.2, -0.15) is 0 Å². The van der Waals surface area contributed by atoms with Crippen LogP contribution in [0.3, 0.4) is 0 Å². The molecule has 2 aromatic rings. The predicted molar refractivity (Wildman–Crippen MR) is 108 cm³/mol. The number of nitrogens with one attached hydrogen (secondary N) is 2. The number of carbonyl (C=O) groups is 1. The molecule has 0 saturated carbocycles. The molecule has 0 bridgehead atoms. The van der Waals surface area contributed by atoms with E-state index in [1.807, 2.05) is 31.2 Å². The number of hydrogen-bond acceptors (Lipinski definition) is 4. The number of benzene rings is 1. The van der Waals surface area contributed by atoms with Crippen molar-refractivity contribution in [2.75, 3.05) is 19.0 Å². The van der Waals surface area contributed by atoms with E-state index in [2.05, 4.69) is 15.6 Å². The second-order valence-corrected chi connectivity index (χ2v) is 5.33. The van der Waals surface area contributed by atoms with E-state index in [1.54, 1.807) is 19.2 Å². The van der Waals surface area contributed by atoms with Gasteiger partial charge in [0, 0.05) is 18.8 Å². The Morgan fingerprint density at radius 3 is 2.64 bits per heavy atom. The molecule has 1 amide bonds. The highest BCUT2D eigenvalue weighted by Crippen LogP contribution is 2.12. The average Bonchev–Trinajstić information content (AvgIpc) is 3.09. The summed E-state index contributed by atoms with van der Waals surface area (Å²) in [5.74, 6) is 0.355. The molecule has 0 aliphatic rings. The van der Waals surface area contributed by atoms with Crippen molar-refractivity contribution < 1.29 is 13.9 Å². The van der Waals surface area contributed by atoms with Gasteiger partial charge in [-0.3, -0.25) is 4.79 Å². The van der Waals surface area contributed by atoms with Crippen molar-refractivity contribution in [1.29, 1.82) is 0 Å². The molecule has 1 heterocycles. The van der Waals surface area contributed by atoms with Gasteiger partial charge in [0.25, 0.3) is 5.91 Å². The van der Waals surface area contributed by atoms with E-state index in [-0.39, 0.29) is 41.7 Å². The monoisotopic (exact) mass is 458 g/mol. The predicted octanol–water partition coefficient (Wildman–Crippen LogP) is 2.59. The van der Waals surface area contributed by atoms with Gasteiger partial charge in [0.1, 0.15) is 0 Å². The van der Waals surface area contributed by atoms with Crippen LogP contribution in [0.4, 0.5) is 5.69 Å². The zero-order valence-corrected chi connectivity index (χ0v) is 16.5. The summed E-state index contributed by atoms with van der Waals surface area (Å²) in [6.07, 6.45) is 1.46. The number of nitrogens with two attached hydrogens (primary N) is 1. The van der Waals surface area contributed by atoms with Crippen LogP contribution in [-0.2, 0) is 11.3 Å². The van der Waals surface area contributed by atoms with Crippen molar-refractivity contribution in [1.82, 2.24) is 5.32 Å². The van der Waals surface area contributed by atoms with E-state index >= 15 is 0 Å². The highest BCUT2D eigenvalue weighted by atomic mass is 127. The average molecular weight is 458 g/mol. The lowest BCUT2D eigenvalue weighted by atomic mass is 10.2. The number of rotatable bonds is 7. The summed E-state index contributed by atoms with van der Waals surface area (Å²) in [6, 6.07) is 10.8. The fourth-order valence-electron chi connectivity index (χ4n) is 2.06. The lowest BCUT2D eigenvalue weighted by Crippen LogP contribution is -2.40. The van der Waals surface area contributed by atoms with Crippen LogP contribution in [0.5, 0.6) is 0 Å². The first kappa shape index (κ1) is 21.0. The van der Waals surface area contributed by atoms with E-state index in [4.69, 9.17) is 14.9 Å². The maximum absolute atomic E-state index is 11.9. The molecule has 1 aromatic heterocycles. The quantitative estimate of drug-likeness (QED) is 0.337. The number of hydrogen-bond donors (Lipinski definition) is 3. The molecule has 4 N–H and O–H groups in total. The highest BCUT2D eigenvalue weighted by molar-refractivity contribution is 14.0. The van der Waals surface area contributed by atoms with Gasteiger partial charge in [-0.1, -0.05) is 12.1 Å². The van der Waals surface area contributed by atoms with Crippen LogP contribution < -0.4 is 16.4 Å². The Morgan fingerprint density at radius 2 is 2.04 bits per heavy atom. The topological polar surface area (TPSA) is 102 Å². The molecule has 0 aliphatic carbocycles. The normalized spacial score (nSPS) is 12.2. The Hall–Kier alpha value is -2.07. The number of methoxy groups -OCH3 is 1. The van der Waals surface area contributed by atoms with Gasteiger partial charge in [0.2, 0.25) is 0 Å². The molecule has 25 heavy (non-hydrogen) atoms. The second-order valence-electron chi connectivity index (χ2n) is 5.33. The summed E-state index contributed by atoms with van der Waals surface area (Å²) in [6.45, 7) is 2.97. The minimum Gasteiger partial charge on any atom is -0.459 e. The van der Waals surface area contributed by atoms with Crippen LogP contribution in [0.25, 0.3) is 0 Å². The zero-order valence-electron chi connectivity index (χ0n) is 14.2. The Balaban J connectivity index is 0.00000312. The number of furan rings is 1. The second kappa shape index (κ2) is 10.7. The number of halogens is 1. The van der Waals surface area contributed by atoms with Gasteiger partial charge in [0.15, 0.2) is 11.7 Å². The molecular formula is C17H23IN4O3. The van der Waals surface area contributed by atoms with Crippen molar-refractivity contribution in [3.05, 3.63) is 54.0 Å². The van der Waals surface area contributed by atoms with Crippen molar-refractivity contribution in [3.8, 4) is 0 Å². The first-order valence-corrected chi connectivity index (χ1v) is 7.57. The van der Waals surface area contributed by atoms with E-state index in [0.29, 0.717) is 24.8 Å². The van der Waals surface area contributed by atoms with Crippen LogP contribution in [-0.4, -0.2) is 31.6 Å². The molecule has 0 fully saturated rings. The summed E-state index contributed by atoms with van der Waals surface area (Å²) in [7, 11) is 1.64. The summed E-state index contributed by atoms with van der Waals surface area (Å²) in [5, 5.41) is 5.80. The fourth-order valence-corrected chi connectivity index (χ4v) is 2.06. The zero-order chi connectivity index (χ0) is 17.4. The number of aliphatic imine (C=N–C) groups is 1. The molecule has 1 atom stereocenters. The van der Waals surface area contributed by atoms with Crippen LogP contribution in [0, 0.1) is 0 Å². The molecule has 0 aliphatic heterocycles. The Bertz CT molecular complexity index is 672. The van der Waals surface area contributed by atoms with Crippen molar-refractivity contribution in [3.63, 3.8) is 0 Å². The fraction of sp³-hybridized carbons (Fsp3) is 0.294. The molecule has 0 spiro atoms. The van der Waals surface area contributed by atoms with Crippen LogP contribution in [0.2, 0.25) is 0 Å². The van der Waals surface area contributed by atoms with Crippen molar-refractivity contribution >= 4 is 41.5 Å². The van der Waals surface area contributed by atoms with Crippen LogP contribution in [0.15, 0.2) is 52.1 Å². The largest absolute Gasteiger partial charge is 0.459 e. The van der Waals surface area contributed by atoms with Crippen LogP contribution >= 0.6 is 24.0 Å². The SMILES string of the molecule is COCC(C)NC(N)=NCc1ccc(NC(=O)c2ccco2)cc1.I. The number of amides is 1. The van der Waals surface area contributed by atoms with E-state index in [9.17, 15) is 4.79 Å². The molecule has 7 nitrogen and oxygen atoms in total. The minimum absolute atomic E-state index is 0. The summed E-state index contributed by atoms with van der Waals surface area (Å²) < 4.78 is 10.1. The number of ether oxygens (including phenoxy) is 1. The number of carbonyl (C=O) groups excluding carboxylic acids is 1. The first-order valence-electron chi connectivity index (χ1n) is 7.57.